The van der Waals surface area contributed by atoms with E-state index in [1.54, 1.807) is 25.1 Å². The van der Waals surface area contributed by atoms with Crippen LogP contribution in [0, 0.1) is 55.4 Å². The lowest BCUT2D eigenvalue weighted by Crippen LogP contribution is -2.47. The molecule has 0 fully saturated rings. The van der Waals surface area contributed by atoms with E-state index in [4.69, 9.17) is 11.0 Å². The van der Waals surface area contributed by atoms with Crippen molar-refractivity contribution in [2.75, 3.05) is 0 Å². The van der Waals surface area contributed by atoms with Gasteiger partial charge in [-0.2, -0.15) is 15.8 Å². The van der Waals surface area contributed by atoms with Crippen LogP contribution >= 0.6 is 0 Å². The quantitative estimate of drug-likeness (QED) is 0.564. The normalized spacial score (nSPS) is 29.2. The van der Waals surface area contributed by atoms with Crippen LogP contribution in [0.5, 0.6) is 0 Å². The van der Waals surface area contributed by atoms with E-state index in [1.807, 2.05) is 0 Å². The zero-order chi connectivity index (χ0) is 14.1. The van der Waals surface area contributed by atoms with E-state index in [-0.39, 0.29) is 17.7 Å². The molecule has 0 spiro atoms. The van der Waals surface area contributed by atoms with Gasteiger partial charge in [0.1, 0.15) is 5.70 Å². The van der Waals surface area contributed by atoms with Gasteiger partial charge in [-0.15, -0.1) is 0 Å². The maximum atomic E-state index is 11.2. The molecule has 7 heteroatoms. The molecule has 1 aliphatic carbocycles. The van der Waals surface area contributed by atoms with Crippen LogP contribution in [-0.2, 0) is 0 Å². The minimum Gasteiger partial charge on any atom is -0.395 e. The van der Waals surface area contributed by atoms with Gasteiger partial charge in [-0.05, 0) is 6.42 Å². The molecule has 7 nitrogen and oxygen atoms in total. The summed E-state index contributed by atoms with van der Waals surface area (Å²) in [6.45, 7) is 2.88. The molecular formula is C11H11N5O2. The van der Waals surface area contributed by atoms with Gasteiger partial charge in [0.15, 0.2) is 5.41 Å². The van der Waals surface area contributed by atoms with Crippen molar-refractivity contribution >= 4 is 0 Å². The van der Waals surface area contributed by atoms with E-state index in [2.05, 4.69) is 0 Å². The summed E-state index contributed by atoms with van der Waals surface area (Å²) in [5, 5.41) is 38.7. The Morgan fingerprint density at radius 1 is 1.44 bits per heavy atom. The molecule has 0 radical (unpaired) electrons. The van der Waals surface area contributed by atoms with Crippen LogP contribution < -0.4 is 5.73 Å². The zero-order valence-corrected chi connectivity index (χ0v) is 9.97. The third-order valence-corrected chi connectivity index (χ3v) is 3.66. The van der Waals surface area contributed by atoms with Crippen molar-refractivity contribution in [3.8, 4) is 18.2 Å². The molecule has 0 amide bonds. The number of hydrogen-bond donors (Lipinski definition) is 1. The second-order valence-electron chi connectivity index (χ2n) is 4.30. The van der Waals surface area contributed by atoms with Gasteiger partial charge in [0.2, 0.25) is 0 Å². The first-order valence-corrected chi connectivity index (χ1v) is 5.24. The highest BCUT2D eigenvalue weighted by Gasteiger charge is 2.67. The van der Waals surface area contributed by atoms with Gasteiger partial charge >= 0.3 is 0 Å². The first-order valence-electron chi connectivity index (χ1n) is 5.24. The van der Waals surface area contributed by atoms with E-state index >= 15 is 0 Å². The number of rotatable bonds is 2. The Morgan fingerprint density at radius 3 is 2.22 bits per heavy atom. The summed E-state index contributed by atoms with van der Waals surface area (Å²) in [6, 6.07) is 5.17. The molecule has 0 saturated heterocycles. The molecule has 0 aromatic rings. The minimum atomic E-state index is -1.84. The number of nitrogens with zero attached hydrogens (tertiary/aromatic N) is 4. The van der Waals surface area contributed by atoms with Crippen molar-refractivity contribution in [3.05, 3.63) is 21.4 Å². The van der Waals surface area contributed by atoms with Gasteiger partial charge in [-0.3, -0.25) is 10.1 Å². The predicted octanol–water partition coefficient (Wildman–Crippen LogP) is 0.832. The average molecular weight is 245 g/mol. The molecule has 0 heterocycles. The molecule has 92 valence electrons. The molecule has 2 N–H and O–H groups in total. The van der Waals surface area contributed by atoms with Crippen LogP contribution in [0.4, 0.5) is 0 Å². The lowest BCUT2D eigenvalue weighted by atomic mass is 9.70. The Balaban J connectivity index is 3.74. The highest BCUT2D eigenvalue weighted by Crippen LogP contribution is 2.53. The number of hydrogen-bond acceptors (Lipinski definition) is 6. The second-order valence-corrected chi connectivity index (χ2v) is 4.30. The topological polar surface area (TPSA) is 141 Å². The third kappa shape index (κ3) is 1.20. The van der Waals surface area contributed by atoms with Gasteiger partial charge < -0.3 is 5.73 Å². The summed E-state index contributed by atoms with van der Waals surface area (Å²) in [5.74, 6) is -0.940. The van der Waals surface area contributed by atoms with Gasteiger partial charge in [-0.25, -0.2) is 0 Å². The molecular weight excluding hydrogens is 234 g/mol. The Bertz CT molecular complexity index is 545. The summed E-state index contributed by atoms with van der Waals surface area (Å²) in [7, 11) is 0. The van der Waals surface area contributed by atoms with Gasteiger partial charge in [0.05, 0.1) is 29.7 Å². The predicted molar refractivity (Wildman–Crippen MR) is 59.7 cm³/mol. The van der Waals surface area contributed by atoms with E-state index in [1.165, 1.54) is 6.92 Å². The van der Waals surface area contributed by atoms with Crippen molar-refractivity contribution in [2.45, 2.75) is 25.8 Å². The molecule has 0 saturated carbocycles. The van der Waals surface area contributed by atoms with Crippen LogP contribution in [-0.4, -0.2) is 10.5 Å². The fourth-order valence-corrected chi connectivity index (χ4v) is 2.62. The standard InChI is InChI=1S/C11H11N5O2/c1-3-8-10(2,16(17)18)9(15)7(4-12)11(8,5-13)6-14/h8H,3,15H2,1-2H3/t8-,10+/m1/s1. The lowest BCUT2D eigenvalue weighted by molar-refractivity contribution is -0.564. The van der Waals surface area contributed by atoms with Crippen molar-refractivity contribution in [1.29, 1.82) is 15.8 Å². The molecule has 1 rings (SSSR count). The summed E-state index contributed by atoms with van der Waals surface area (Å²) in [4.78, 5) is 10.6. The fraction of sp³-hybridized carbons (Fsp3) is 0.545. The molecule has 0 bridgehead atoms. The largest absolute Gasteiger partial charge is 0.395 e. The second kappa shape index (κ2) is 4.01. The van der Waals surface area contributed by atoms with Crippen LogP contribution in [0.2, 0.25) is 0 Å². The van der Waals surface area contributed by atoms with Crippen molar-refractivity contribution < 1.29 is 4.92 Å². The van der Waals surface area contributed by atoms with E-state index in [0.29, 0.717) is 0 Å². The van der Waals surface area contributed by atoms with Crippen molar-refractivity contribution in [3.63, 3.8) is 0 Å². The maximum Gasteiger partial charge on any atom is 0.264 e. The highest BCUT2D eigenvalue weighted by atomic mass is 16.6. The van der Waals surface area contributed by atoms with Crippen LogP contribution in [0.3, 0.4) is 0 Å². The Hall–Kier alpha value is -2.59. The van der Waals surface area contributed by atoms with E-state index < -0.39 is 21.8 Å². The average Bonchev–Trinajstić information content (AvgIpc) is 2.55. The first kappa shape index (κ1) is 13.5. The maximum absolute atomic E-state index is 11.2. The van der Waals surface area contributed by atoms with E-state index in [0.717, 1.165) is 0 Å². The zero-order valence-electron chi connectivity index (χ0n) is 9.97. The van der Waals surface area contributed by atoms with Gasteiger partial charge in [-0.1, -0.05) is 6.92 Å². The molecule has 0 unspecified atom stereocenters. The fourth-order valence-electron chi connectivity index (χ4n) is 2.62. The number of nitriles is 3. The van der Waals surface area contributed by atoms with E-state index in [9.17, 15) is 20.6 Å². The van der Waals surface area contributed by atoms with Crippen LogP contribution in [0.15, 0.2) is 11.3 Å². The molecule has 1 aliphatic rings. The summed E-state index contributed by atoms with van der Waals surface area (Å²) >= 11 is 0. The summed E-state index contributed by atoms with van der Waals surface area (Å²) in [5.41, 5.74) is 1.50. The van der Waals surface area contributed by atoms with Crippen molar-refractivity contribution in [1.82, 2.24) is 0 Å². The Kier molecular flexibility index (Phi) is 3.00. The number of allylic oxidation sites excluding steroid dienone is 1. The lowest BCUT2D eigenvalue weighted by Gasteiger charge is -2.27. The number of nitrogens with two attached hydrogens (primary N) is 1. The third-order valence-electron chi connectivity index (χ3n) is 3.66. The van der Waals surface area contributed by atoms with Crippen LogP contribution in [0.1, 0.15) is 20.3 Å². The molecule has 0 aromatic heterocycles. The van der Waals surface area contributed by atoms with Gasteiger partial charge in [0.25, 0.3) is 5.54 Å². The molecule has 2 atom stereocenters. The Labute approximate surface area is 104 Å². The molecule has 0 aliphatic heterocycles. The van der Waals surface area contributed by atoms with Gasteiger partial charge in [0, 0.05) is 11.8 Å². The molecule has 18 heavy (non-hydrogen) atoms. The summed E-state index contributed by atoms with van der Waals surface area (Å²) in [6.07, 6.45) is 0.199. The monoisotopic (exact) mass is 245 g/mol. The van der Waals surface area contributed by atoms with Crippen molar-refractivity contribution in [2.24, 2.45) is 17.1 Å². The van der Waals surface area contributed by atoms with Crippen LogP contribution in [0.25, 0.3) is 0 Å². The highest BCUT2D eigenvalue weighted by molar-refractivity contribution is 5.53. The minimum absolute atomic E-state index is 0.199. The SMILES string of the molecule is CC[C@H]1C(C#N)(C#N)C(C#N)=C(N)[C@@]1(C)[N+](=O)[O-]. The summed E-state index contributed by atoms with van der Waals surface area (Å²) < 4.78 is 0. The smallest absolute Gasteiger partial charge is 0.264 e. The first-order chi connectivity index (χ1) is 8.36. The molecule has 0 aromatic carbocycles. The Morgan fingerprint density at radius 2 is 1.94 bits per heavy atom. The number of nitro groups is 1.